The molecule has 0 aliphatic rings. The third-order valence-corrected chi connectivity index (χ3v) is 3.33. The van der Waals surface area contributed by atoms with E-state index in [1.54, 1.807) is 24.3 Å². The van der Waals surface area contributed by atoms with Gasteiger partial charge in [-0.2, -0.15) is 18.7 Å². The first-order valence-electron chi connectivity index (χ1n) is 7.37. The van der Waals surface area contributed by atoms with Crippen LogP contribution in [0.2, 0.25) is 0 Å². The number of alkyl halides is 3. The Balaban J connectivity index is 2.13. The van der Waals surface area contributed by atoms with Crippen LogP contribution in [-0.2, 0) is 11.0 Å². The lowest BCUT2D eigenvalue weighted by Gasteiger charge is -2.11. The van der Waals surface area contributed by atoms with Crippen LogP contribution in [0.1, 0.15) is 11.1 Å². The van der Waals surface area contributed by atoms with E-state index in [1.165, 1.54) is 6.08 Å². The van der Waals surface area contributed by atoms with Crippen LogP contribution in [0.4, 0.5) is 28.9 Å². The normalized spacial score (nSPS) is 11.3. The van der Waals surface area contributed by atoms with Crippen LogP contribution in [0.15, 0.2) is 53.8 Å². The van der Waals surface area contributed by atoms with Gasteiger partial charge in [0.15, 0.2) is 0 Å². The van der Waals surface area contributed by atoms with Crippen molar-refractivity contribution in [1.82, 2.24) is 0 Å². The lowest BCUT2D eigenvalue weighted by molar-refractivity contribution is -0.140. The molecule has 0 aliphatic carbocycles. The van der Waals surface area contributed by atoms with Crippen LogP contribution in [0.5, 0.6) is 0 Å². The van der Waals surface area contributed by atoms with Gasteiger partial charge in [0.05, 0.1) is 11.3 Å². The maximum Gasteiger partial charge on any atom is 0.419 e. The number of anilines is 2. The van der Waals surface area contributed by atoms with E-state index in [1.807, 2.05) is 0 Å². The molecule has 140 valence electrons. The Labute approximate surface area is 151 Å². The minimum absolute atomic E-state index is 0.199. The van der Waals surface area contributed by atoms with E-state index in [-0.39, 0.29) is 5.69 Å². The van der Waals surface area contributed by atoms with Crippen molar-refractivity contribution in [3.63, 3.8) is 0 Å². The molecule has 0 aromatic heterocycles. The first kappa shape index (κ1) is 19.8. The van der Waals surface area contributed by atoms with E-state index in [0.717, 1.165) is 23.5 Å². The topological polar surface area (TPSA) is 92.4 Å². The number of hydrogen-bond donors (Lipinski definition) is 3. The van der Waals surface area contributed by atoms with E-state index >= 15 is 0 Å². The molecule has 2 aromatic carbocycles. The van der Waals surface area contributed by atoms with Crippen molar-refractivity contribution >= 4 is 29.7 Å². The number of halogens is 4. The van der Waals surface area contributed by atoms with Crippen LogP contribution >= 0.6 is 0 Å². The lowest BCUT2D eigenvalue weighted by Crippen LogP contribution is -2.12. The summed E-state index contributed by atoms with van der Waals surface area (Å²) in [4.78, 5) is 11.9. The van der Waals surface area contributed by atoms with Crippen LogP contribution in [0.25, 0.3) is 6.08 Å². The molecule has 27 heavy (non-hydrogen) atoms. The van der Waals surface area contributed by atoms with Gasteiger partial charge in [-0.3, -0.25) is 10.2 Å². The number of amides is 1. The lowest BCUT2D eigenvalue weighted by atomic mass is 10.1. The molecular formula is C17H13F4N5O. The molecule has 10 heteroatoms. The fraction of sp³-hybridized carbons (Fsp3) is 0.0588. The maximum absolute atomic E-state index is 13.2. The number of rotatable bonds is 6. The highest BCUT2D eigenvalue weighted by Gasteiger charge is 2.34. The summed E-state index contributed by atoms with van der Waals surface area (Å²) in [5.41, 5.74) is 6.23. The predicted molar refractivity (Wildman–Crippen MR) is 91.9 cm³/mol. The molecule has 0 bridgehead atoms. The molecule has 0 aliphatic heterocycles. The molecule has 0 heterocycles. The smallest absolute Gasteiger partial charge is 0.322 e. The second-order valence-corrected chi connectivity index (χ2v) is 5.18. The van der Waals surface area contributed by atoms with Crippen molar-refractivity contribution in [1.29, 1.82) is 10.9 Å². The van der Waals surface area contributed by atoms with Gasteiger partial charge in [0.2, 0.25) is 5.91 Å². The summed E-state index contributed by atoms with van der Waals surface area (Å²) >= 11 is 0. The van der Waals surface area contributed by atoms with Crippen molar-refractivity contribution in [2.45, 2.75) is 6.18 Å². The highest BCUT2D eigenvalue weighted by Crippen LogP contribution is 2.33. The molecule has 3 N–H and O–H groups in total. The van der Waals surface area contributed by atoms with Gasteiger partial charge in [-0.1, -0.05) is 17.4 Å². The van der Waals surface area contributed by atoms with E-state index < -0.39 is 23.5 Å². The summed E-state index contributed by atoms with van der Waals surface area (Å²) in [6, 6.07) is 8.56. The third kappa shape index (κ3) is 5.21. The number of hydrogen-bond acceptors (Lipinski definition) is 4. The van der Waals surface area contributed by atoms with Gasteiger partial charge >= 0.3 is 6.18 Å². The van der Waals surface area contributed by atoms with Crippen LogP contribution < -0.4 is 10.3 Å². The Morgan fingerprint density at radius 3 is 2.56 bits per heavy atom. The Hall–Kier alpha value is -3.56. The van der Waals surface area contributed by atoms with E-state index in [4.69, 9.17) is 10.9 Å². The quantitative estimate of drug-likeness (QED) is 0.167. The van der Waals surface area contributed by atoms with Crippen molar-refractivity contribution in [3.8, 4) is 0 Å². The number of nitrogens with zero attached hydrogens (tertiary/aromatic N) is 2. The largest absolute Gasteiger partial charge is 0.419 e. The fourth-order valence-corrected chi connectivity index (χ4v) is 2.11. The average Bonchev–Trinajstić information content (AvgIpc) is 2.62. The summed E-state index contributed by atoms with van der Waals surface area (Å²) in [6.07, 6.45) is -1.57. The Morgan fingerprint density at radius 1 is 1.19 bits per heavy atom. The molecule has 0 atom stereocenters. The minimum Gasteiger partial charge on any atom is -0.322 e. The second kappa shape index (κ2) is 8.21. The molecule has 2 aromatic rings. The van der Waals surface area contributed by atoms with Crippen LogP contribution in [-0.4, -0.2) is 12.2 Å². The van der Waals surface area contributed by atoms with E-state index in [0.29, 0.717) is 23.4 Å². The standard InChI is InChI=1S/C17H13F4N5O/c18-15-6-5-12(9-14(15)17(19,20)21)24-16(27)7-4-11-2-1-3-13(8-11)26(10-22)25-23/h1-10,22-23H,(H,24,27)/b7-4+,22-10?,25-23?. The third-order valence-electron chi connectivity index (χ3n) is 3.33. The van der Waals surface area contributed by atoms with Crippen molar-refractivity contribution in [2.75, 3.05) is 10.3 Å². The molecular weight excluding hydrogens is 366 g/mol. The molecule has 0 radical (unpaired) electrons. The zero-order chi connectivity index (χ0) is 20.0. The Bertz CT molecular complexity index is 887. The molecule has 0 fully saturated rings. The molecule has 0 unspecified atom stereocenters. The molecule has 1 amide bonds. The van der Waals surface area contributed by atoms with Gasteiger partial charge in [-0.15, -0.1) is 0 Å². The summed E-state index contributed by atoms with van der Waals surface area (Å²) in [5, 5.41) is 13.5. The Kier molecular flexibility index (Phi) is 6.01. The van der Waals surface area contributed by atoms with Gasteiger partial charge in [0.25, 0.3) is 0 Å². The minimum atomic E-state index is -4.87. The highest BCUT2D eigenvalue weighted by atomic mass is 19.4. The summed E-state index contributed by atoms with van der Waals surface area (Å²) < 4.78 is 51.3. The summed E-state index contributed by atoms with van der Waals surface area (Å²) in [7, 11) is 0. The molecule has 6 nitrogen and oxygen atoms in total. The average molecular weight is 379 g/mol. The SMILES string of the molecule is N=CN(N=N)c1cccc(/C=C/C(=O)Nc2ccc(F)c(C(F)(F)F)c2)c1. The zero-order valence-electron chi connectivity index (χ0n) is 13.6. The van der Waals surface area contributed by atoms with Crippen LogP contribution in [0, 0.1) is 16.8 Å². The second-order valence-electron chi connectivity index (χ2n) is 5.18. The monoisotopic (exact) mass is 379 g/mol. The number of carbonyl (C=O) groups is 1. The number of benzene rings is 2. The zero-order valence-corrected chi connectivity index (χ0v) is 13.6. The molecule has 0 saturated carbocycles. The number of nitrogens with one attached hydrogen (secondary N) is 3. The van der Waals surface area contributed by atoms with Crippen molar-refractivity contribution in [2.24, 2.45) is 5.22 Å². The van der Waals surface area contributed by atoms with Crippen molar-refractivity contribution in [3.05, 3.63) is 65.5 Å². The van der Waals surface area contributed by atoms with Gasteiger partial charge < -0.3 is 5.32 Å². The van der Waals surface area contributed by atoms with Gasteiger partial charge in [-0.05, 0) is 42.0 Å². The Morgan fingerprint density at radius 2 is 1.93 bits per heavy atom. The summed E-state index contributed by atoms with van der Waals surface area (Å²) in [5.74, 6) is -2.14. The summed E-state index contributed by atoms with van der Waals surface area (Å²) in [6.45, 7) is 0. The molecule has 2 rings (SSSR count). The predicted octanol–water partition coefficient (Wildman–Crippen LogP) is 4.86. The fourth-order valence-electron chi connectivity index (χ4n) is 2.11. The van der Waals surface area contributed by atoms with Gasteiger partial charge in [0.1, 0.15) is 12.2 Å². The first-order valence-corrected chi connectivity index (χ1v) is 7.37. The van der Waals surface area contributed by atoms with E-state index in [9.17, 15) is 22.4 Å². The van der Waals surface area contributed by atoms with Gasteiger partial charge in [0, 0.05) is 11.8 Å². The highest BCUT2D eigenvalue weighted by molar-refractivity contribution is 6.02. The molecule has 0 saturated heterocycles. The number of carbonyl (C=O) groups excluding carboxylic acids is 1. The first-order chi connectivity index (χ1) is 12.7. The van der Waals surface area contributed by atoms with Crippen LogP contribution in [0.3, 0.4) is 0 Å². The van der Waals surface area contributed by atoms with E-state index in [2.05, 4.69) is 10.5 Å². The maximum atomic E-state index is 13.2. The van der Waals surface area contributed by atoms with Crippen molar-refractivity contribution < 1.29 is 22.4 Å². The van der Waals surface area contributed by atoms with Gasteiger partial charge in [-0.25, -0.2) is 9.40 Å². The molecule has 0 spiro atoms.